The summed E-state index contributed by atoms with van der Waals surface area (Å²) in [6, 6.07) is 32.9. The summed E-state index contributed by atoms with van der Waals surface area (Å²) in [5, 5.41) is 25.0. The predicted octanol–water partition coefficient (Wildman–Crippen LogP) is 6.50. The largest absolute Gasteiger partial charge is 0.860 e. The maximum atomic E-state index is 11.6. The van der Waals surface area contributed by atoms with E-state index < -0.39 is 7.32 Å². The van der Waals surface area contributed by atoms with Crippen molar-refractivity contribution in [3.05, 3.63) is 114 Å². The van der Waals surface area contributed by atoms with Crippen LogP contribution in [0.25, 0.3) is 44.2 Å². The summed E-state index contributed by atoms with van der Waals surface area (Å²) < 4.78 is 7.32. The molecule has 0 aliphatic heterocycles. The van der Waals surface area contributed by atoms with Gasteiger partial charge in [0.2, 0.25) is 0 Å². The predicted molar refractivity (Wildman–Crippen MR) is 189 cm³/mol. The van der Waals surface area contributed by atoms with E-state index in [0.717, 1.165) is 58.7 Å². The quantitative estimate of drug-likeness (QED) is 0.170. The molecule has 5 rings (SSSR count). The van der Waals surface area contributed by atoms with Crippen LogP contribution in [-0.2, 0) is 0 Å². The van der Waals surface area contributed by atoms with Crippen molar-refractivity contribution in [2.45, 2.75) is 20.8 Å². The first-order chi connectivity index (χ1) is 20.9. The molecule has 5 nitrogen and oxygen atoms in total. The fourth-order valence-corrected chi connectivity index (χ4v) is 4.59. The fourth-order valence-electron chi connectivity index (χ4n) is 4.59. The van der Waals surface area contributed by atoms with E-state index in [4.69, 9.17) is 4.65 Å². The lowest BCUT2D eigenvalue weighted by Crippen LogP contribution is -2.50. The minimum atomic E-state index is -2.42. The molecule has 0 fully saturated rings. The minimum absolute atomic E-state index is 0.301. The highest BCUT2D eigenvalue weighted by atomic mass is 16.6. The Morgan fingerprint density at radius 3 is 0.978 bits per heavy atom. The maximum Gasteiger partial charge on any atom is 0.133 e. The third kappa shape index (κ3) is 11.2. The summed E-state index contributed by atoms with van der Waals surface area (Å²) in [4.78, 5) is 0. The van der Waals surface area contributed by atoms with Gasteiger partial charge in [-0.2, -0.15) is 0 Å². The molecule has 0 spiro atoms. The molecule has 0 N–H and O–H groups in total. The van der Waals surface area contributed by atoms with Crippen molar-refractivity contribution in [1.82, 2.24) is 0 Å². The van der Waals surface area contributed by atoms with Crippen molar-refractivity contribution >= 4 is 18.1 Å². The molecule has 236 valence electrons. The zero-order valence-electron chi connectivity index (χ0n) is 28.9. The van der Waals surface area contributed by atoms with E-state index in [9.17, 15) is 10.0 Å². The highest BCUT2D eigenvalue weighted by Crippen LogP contribution is 2.45. The number of quaternary nitrogens is 2. The standard InChI is InChI=1S/C31H25BO3.2C4H12N/c1-20-4-10-23(11-5-20)26-16-17-28(25-14-8-22(3)9-15-25)31-29(35-32(33)34)19-18-27(30(26)31)24-12-6-21(2)7-13-24;2*1-5(2,3)4/h4-19H,1-3H3;2*1-4H3/q-2;2*+1. The van der Waals surface area contributed by atoms with E-state index in [1.54, 1.807) is 6.07 Å². The average Bonchev–Trinajstić information content (AvgIpc) is 2.92. The summed E-state index contributed by atoms with van der Waals surface area (Å²) in [7, 11) is 14.6. The van der Waals surface area contributed by atoms with Gasteiger partial charge >= 0.3 is 0 Å². The maximum absolute atomic E-state index is 11.6. The Bertz CT molecular complexity index is 1610. The third-order valence-electron chi connectivity index (χ3n) is 6.43. The Morgan fingerprint density at radius 1 is 0.422 bits per heavy atom. The van der Waals surface area contributed by atoms with Gasteiger partial charge in [-0.1, -0.05) is 108 Å². The Kier molecular flexibility index (Phi) is 11.8. The van der Waals surface area contributed by atoms with Gasteiger partial charge in [-0.15, -0.1) is 0 Å². The number of benzene rings is 5. The van der Waals surface area contributed by atoms with Crippen LogP contribution in [0.4, 0.5) is 0 Å². The van der Waals surface area contributed by atoms with Crippen LogP contribution in [0.3, 0.4) is 0 Å². The van der Waals surface area contributed by atoms with Gasteiger partial charge in [0.1, 0.15) is 13.1 Å². The van der Waals surface area contributed by atoms with E-state index in [2.05, 4.69) is 155 Å². The zero-order valence-corrected chi connectivity index (χ0v) is 28.9. The van der Waals surface area contributed by atoms with E-state index in [-0.39, 0.29) is 0 Å². The summed E-state index contributed by atoms with van der Waals surface area (Å²) in [6.07, 6.45) is 0. The number of hydrogen-bond acceptors (Lipinski definition) is 3. The van der Waals surface area contributed by atoms with Gasteiger partial charge in [-0.25, -0.2) is 0 Å². The van der Waals surface area contributed by atoms with Crippen LogP contribution in [0.2, 0.25) is 0 Å². The van der Waals surface area contributed by atoms with E-state index in [1.165, 1.54) is 11.1 Å². The second-order valence-electron chi connectivity index (χ2n) is 14.4. The number of hydrogen-bond donors (Lipinski definition) is 0. The first-order valence-corrected chi connectivity index (χ1v) is 15.3. The van der Waals surface area contributed by atoms with Gasteiger partial charge < -0.3 is 23.7 Å². The molecule has 5 aromatic carbocycles. The molecule has 0 aliphatic rings. The van der Waals surface area contributed by atoms with Crippen molar-refractivity contribution in [2.75, 3.05) is 56.4 Å². The van der Waals surface area contributed by atoms with Crippen LogP contribution in [0, 0.1) is 20.8 Å². The van der Waals surface area contributed by atoms with E-state index >= 15 is 0 Å². The van der Waals surface area contributed by atoms with Gasteiger partial charge in [0.25, 0.3) is 0 Å². The summed E-state index contributed by atoms with van der Waals surface area (Å²) >= 11 is 0. The zero-order chi connectivity index (χ0) is 33.5. The van der Waals surface area contributed by atoms with E-state index in [1.807, 2.05) is 13.0 Å². The number of aryl methyl sites for hydroxylation is 3. The second kappa shape index (κ2) is 14.9. The molecule has 0 unspecified atom stereocenters. The van der Waals surface area contributed by atoms with Crippen LogP contribution in [0.1, 0.15) is 16.7 Å². The molecule has 0 atom stereocenters. The normalized spacial score (nSPS) is 11.2. The highest BCUT2D eigenvalue weighted by Gasteiger charge is 2.18. The molecular weight excluding hydrogens is 555 g/mol. The lowest BCUT2D eigenvalue weighted by Gasteiger charge is -2.29. The van der Waals surface area contributed by atoms with Gasteiger partial charge in [0, 0.05) is 10.8 Å². The van der Waals surface area contributed by atoms with Gasteiger partial charge in [-0.3, -0.25) is 0 Å². The van der Waals surface area contributed by atoms with Crippen molar-refractivity contribution in [3.8, 4) is 39.1 Å². The SMILES string of the molecule is C[N+](C)(C)C.C[N+](C)(C)C.Cc1ccc(-c2ccc(-c3ccc(C)cc3)c3c(-c4ccc(C)cc4)ccc(OB([O-])[O-])c23)cc1. The number of nitrogens with zero attached hydrogens (tertiary/aromatic N) is 2. The molecule has 0 radical (unpaired) electrons. The molecule has 0 amide bonds. The highest BCUT2D eigenvalue weighted by molar-refractivity contribution is 6.30. The Labute approximate surface area is 271 Å². The van der Waals surface area contributed by atoms with Gasteiger partial charge in [-0.05, 0) is 60.2 Å². The van der Waals surface area contributed by atoms with Gasteiger partial charge in [0.05, 0.1) is 56.4 Å². The van der Waals surface area contributed by atoms with Crippen molar-refractivity contribution in [1.29, 1.82) is 0 Å². The number of fused-ring (bicyclic) bond motifs is 1. The minimum Gasteiger partial charge on any atom is -0.860 e. The van der Waals surface area contributed by atoms with Crippen molar-refractivity contribution in [2.24, 2.45) is 0 Å². The first-order valence-electron chi connectivity index (χ1n) is 15.3. The molecule has 0 bridgehead atoms. The lowest BCUT2D eigenvalue weighted by molar-refractivity contribution is -0.849. The molecule has 0 heterocycles. The average molecular weight is 605 g/mol. The van der Waals surface area contributed by atoms with Crippen LogP contribution >= 0.6 is 0 Å². The number of rotatable bonds is 5. The summed E-state index contributed by atoms with van der Waals surface area (Å²) in [5.41, 5.74) is 9.58. The molecule has 0 aromatic heterocycles. The monoisotopic (exact) mass is 604 g/mol. The molecule has 0 saturated carbocycles. The summed E-state index contributed by atoms with van der Waals surface area (Å²) in [5.74, 6) is 0.301. The van der Waals surface area contributed by atoms with Gasteiger partial charge in [0.15, 0.2) is 0 Å². The van der Waals surface area contributed by atoms with Crippen molar-refractivity contribution < 1.29 is 23.7 Å². The molecular formula is C39H49BN2O3. The van der Waals surface area contributed by atoms with E-state index in [0.29, 0.717) is 5.75 Å². The topological polar surface area (TPSA) is 55.3 Å². The molecule has 6 heteroatoms. The van der Waals surface area contributed by atoms with Crippen LogP contribution < -0.4 is 14.7 Å². The Morgan fingerprint density at radius 2 is 0.689 bits per heavy atom. The summed E-state index contributed by atoms with van der Waals surface area (Å²) in [6.45, 7) is 6.18. The molecule has 0 saturated heterocycles. The fraction of sp³-hybridized carbons (Fsp3) is 0.282. The smallest absolute Gasteiger partial charge is 0.133 e. The Balaban J connectivity index is 0.000000482. The van der Waals surface area contributed by atoms with Crippen molar-refractivity contribution in [3.63, 3.8) is 0 Å². The molecule has 5 aromatic rings. The first kappa shape index (κ1) is 35.5. The van der Waals surface area contributed by atoms with Crippen LogP contribution in [0.5, 0.6) is 5.75 Å². The van der Waals surface area contributed by atoms with Crippen LogP contribution in [0.15, 0.2) is 97.1 Å². The Hall–Kier alpha value is -3.94. The van der Waals surface area contributed by atoms with Crippen LogP contribution in [-0.4, -0.2) is 72.7 Å². The second-order valence-corrected chi connectivity index (χ2v) is 14.4. The third-order valence-corrected chi connectivity index (χ3v) is 6.43. The molecule has 0 aliphatic carbocycles. The lowest BCUT2D eigenvalue weighted by atomic mass is 9.86. The molecule has 45 heavy (non-hydrogen) atoms.